The Labute approximate surface area is 178 Å². The SMILES string of the molecule is CCC(=O)N[C@@H](COCC(=O)c1ccccc1)C(=O)N[C@H](CC)Cc1ccccc1. The molecule has 0 heterocycles. The first kappa shape index (κ1) is 23.3. The van der Waals surface area contributed by atoms with Crippen LogP contribution in [0.3, 0.4) is 0 Å². The lowest BCUT2D eigenvalue weighted by Gasteiger charge is -2.23. The molecule has 0 aliphatic rings. The van der Waals surface area contributed by atoms with Crippen LogP contribution in [-0.4, -0.2) is 42.9 Å². The Morgan fingerprint density at radius 3 is 2.13 bits per heavy atom. The maximum absolute atomic E-state index is 12.8. The third-order valence-corrected chi connectivity index (χ3v) is 4.75. The van der Waals surface area contributed by atoms with Crippen LogP contribution >= 0.6 is 0 Å². The number of ketones is 1. The van der Waals surface area contributed by atoms with E-state index in [2.05, 4.69) is 10.6 Å². The number of ether oxygens (including phenoxy) is 1. The van der Waals surface area contributed by atoms with Gasteiger partial charge in [0.2, 0.25) is 11.8 Å². The van der Waals surface area contributed by atoms with Crippen molar-refractivity contribution in [1.29, 1.82) is 0 Å². The fourth-order valence-electron chi connectivity index (χ4n) is 2.95. The molecule has 0 aliphatic heterocycles. The molecule has 0 saturated heterocycles. The molecule has 0 radical (unpaired) electrons. The van der Waals surface area contributed by atoms with Crippen molar-refractivity contribution in [2.45, 2.75) is 45.2 Å². The number of Topliss-reactive ketones (excluding diaryl/α,β-unsaturated/α-hetero) is 1. The molecule has 2 atom stereocenters. The van der Waals surface area contributed by atoms with Crippen molar-refractivity contribution >= 4 is 17.6 Å². The number of rotatable bonds is 12. The highest BCUT2D eigenvalue weighted by Crippen LogP contribution is 2.06. The topological polar surface area (TPSA) is 84.5 Å². The average molecular weight is 411 g/mol. The van der Waals surface area contributed by atoms with Crippen LogP contribution in [0.2, 0.25) is 0 Å². The minimum atomic E-state index is -0.856. The quantitative estimate of drug-likeness (QED) is 0.527. The van der Waals surface area contributed by atoms with Gasteiger partial charge in [0, 0.05) is 18.0 Å². The van der Waals surface area contributed by atoms with Crippen LogP contribution in [0.5, 0.6) is 0 Å². The number of carbonyl (C=O) groups excluding carboxylic acids is 3. The molecule has 0 spiro atoms. The molecule has 0 bridgehead atoms. The highest BCUT2D eigenvalue weighted by molar-refractivity contribution is 5.97. The molecular formula is C24H30N2O4. The van der Waals surface area contributed by atoms with E-state index >= 15 is 0 Å². The summed E-state index contributed by atoms with van der Waals surface area (Å²) in [6, 6.07) is 17.8. The lowest BCUT2D eigenvalue weighted by Crippen LogP contribution is -2.52. The first-order chi connectivity index (χ1) is 14.5. The largest absolute Gasteiger partial charge is 0.371 e. The Morgan fingerprint density at radius 1 is 0.900 bits per heavy atom. The molecule has 0 fully saturated rings. The van der Waals surface area contributed by atoms with E-state index in [9.17, 15) is 14.4 Å². The van der Waals surface area contributed by atoms with Gasteiger partial charge in [0.15, 0.2) is 5.78 Å². The van der Waals surface area contributed by atoms with Crippen molar-refractivity contribution in [2.75, 3.05) is 13.2 Å². The van der Waals surface area contributed by atoms with Gasteiger partial charge in [-0.3, -0.25) is 14.4 Å². The van der Waals surface area contributed by atoms with Crippen LogP contribution < -0.4 is 10.6 Å². The summed E-state index contributed by atoms with van der Waals surface area (Å²) in [5, 5.41) is 5.68. The maximum Gasteiger partial charge on any atom is 0.245 e. The monoisotopic (exact) mass is 410 g/mol. The summed E-state index contributed by atoms with van der Waals surface area (Å²) in [6.45, 7) is 3.49. The van der Waals surface area contributed by atoms with E-state index < -0.39 is 6.04 Å². The lowest BCUT2D eigenvalue weighted by molar-refractivity contribution is -0.130. The predicted molar refractivity (Wildman–Crippen MR) is 116 cm³/mol. The minimum absolute atomic E-state index is 0.0631. The Balaban J connectivity index is 1.93. The molecule has 2 amide bonds. The molecule has 0 aromatic heterocycles. The highest BCUT2D eigenvalue weighted by Gasteiger charge is 2.23. The van der Waals surface area contributed by atoms with Gasteiger partial charge in [0.25, 0.3) is 0 Å². The van der Waals surface area contributed by atoms with Crippen LogP contribution in [0.1, 0.15) is 42.6 Å². The number of hydrogen-bond acceptors (Lipinski definition) is 4. The zero-order chi connectivity index (χ0) is 21.8. The summed E-state index contributed by atoms with van der Waals surface area (Å²) in [4.78, 5) is 36.9. The van der Waals surface area contributed by atoms with Crippen molar-refractivity contribution in [3.63, 3.8) is 0 Å². The predicted octanol–water partition coefficient (Wildman–Crippen LogP) is 2.92. The van der Waals surface area contributed by atoms with Gasteiger partial charge in [0.05, 0.1) is 6.61 Å². The maximum atomic E-state index is 12.8. The minimum Gasteiger partial charge on any atom is -0.371 e. The van der Waals surface area contributed by atoms with E-state index in [0.29, 0.717) is 12.0 Å². The third kappa shape index (κ3) is 7.79. The van der Waals surface area contributed by atoms with Gasteiger partial charge >= 0.3 is 0 Å². The summed E-state index contributed by atoms with van der Waals surface area (Å²) in [6.07, 6.45) is 1.71. The van der Waals surface area contributed by atoms with Crippen LogP contribution in [0.4, 0.5) is 0 Å². The van der Waals surface area contributed by atoms with Gasteiger partial charge < -0.3 is 15.4 Å². The molecule has 30 heavy (non-hydrogen) atoms. The van der Waals surface area contributed by atoms with Crippen molar-refractivity contribution in [2.24, 2.45) is 0 Å². The van der Waals surface area contributed by atoms with E-state index in [1.165, 1.54) is 0 Å². The molecule has 6 heteroatoms. The fraction of sp³-hybridized carbons (Fsp3) is 0.375. The molecule has 2 aromatic rings. The lowest BCUT2D eigenvalue weighted by atomic mass is 10.0. The number of carbonyl (C=O) groups is 3. The number of amides is 2. The molecule has 0 saturated carbocycles. The second kappa shape index (κ2) is 12.5. The van der Waals surface area contributed by atoms with Crippen molar-refractivity contribution in [3.8, 4) is 0 Å². The summed E-state index contributed by atoms with van der Waals surface area (Å²) in [7, 11) is 0. The summed E-state index contributed by atoms with van der Waals surface area (Å²) in [5.74, 6) is -0.733. The molecule has 160 valence electrons. The zero-order valence-electron chi connectivity index (χ0n) is 17.6. The molecular weight excluding hydrogens is 380 g/mol. The van der Waals surface area contributed by atoms with E-state index in [4.69, 9.17) is 4.74 Å². The molecule has 6 nitrogen and oxygen atoms in total. The Bertz CT molecular complexity index is 808. The second-order valence-corrected chi connectivity index (χ2v) is 7.08. The van der Waals surface area contributed by atoms with Gasteiger partial charge in [0.1, 0.15) is 12.6 Å². The van der Waals surface area contributed by atoms with Crippen LogP contribution in [0.25, 0.3) is 0 Å². The van der Waals surface area contributed by atoms with Crippen LogP contribution in [-0.2, 0) is 20.7 Å². The number of hydrogen-bond donors (Lipinski definition) is 2. The fourth-order valence-corrected chi connectivity index (χ4v) is 2.95. The zero-order valence-corrected chi connectivity index (χ0v) is 17.6. The third-order valence-electron chi connectivity index (χ3n) is 4.75. The van der Waals surface area contributed by atoms with Crippen LogP contribution in [0.15, 0.2) is 60.7 Å². The Morgan fingerprint density at radius 2 is 1.53 bits per heavy atom. The smallest absolute Gasteiger partial charge is 0.245 e. The summed E-state index contributed by atoms with van der Waals surface area (Å²) >= 11 is 0. The van der Waals surface area contributed by atoms with Gasteiger partial charge in [-0.25, -0.2) is 0 Å². The highest BCUT2D eigenvalue weighted by atomic mass is 16.5. The molecule has 2 rings (SSSR count). The van der Waals surface area contributed by atoms with E-state index in [-0.39, 0.29) is 43.3 Å². The average Bonchev–Trinajstić information content (AvgIpc) is 2.78. The van der Waals surface area contributed by atoms with Gasteiger partial charge in [-0.05, 0) is 18.4 Å². The molecule has 2 N–H and O–H groups in total. The standard InChI is InChI=1S/C24H30N2O4/c1-3-20(15-18-11-7-5-8-12-18)25-24(29)21(26-23(28)4-2)16-30-17-22(27)19-13-9-6-10-14-19/h5-14,20-21H,3-4,15-17H2,1-2H3,(H,25,29)(H,26,28)/t20-,21+/m1/s1. The Hall–Kier alpha value is -2.99. The van der Waals surface area contributed by atoms with E-state index in [1.807, 2.05) is 43.3 Å². The summed E-state index contributed by atoms with van der Waals surface area (Å²) < 4.78 is 5.49. The Kier molecular flexibility index (Phi) is 9.74. The molecule has 0 aliphatic carbocycles. The first-order valence-corrected chi connectivity index (χ1v) is 10.3. The first-order valence-electron chi connectivity index (χ1n) is 10.3. The molecule has 2 aromatic carbocycles. The number of nitrogens with one attached hydrogen (secondary N) is 2. The van der Waals surface area contributed by atoms with Crippen molar-refractivity contribution in [1.82, 2.24) is 10.6 Å². The van der Waals surface area contributed by atoms with Crippen molar-refractivity contribution < 1.29 is 19.1 Å². The van der Waals surface area contributed by atoms with Crippen molar-refractivity contribution in [3.05, 3.63) is 71.8 Å². The van der Waals surface area contributed by atoms with E-state index in [1.54, 1.807) is 31.2 Å². The second-order valence-electron chi connectivity index (χ2n) is 7.08. The van der Waals surface area contributed by atoms with Crippen LogP contribution in [0, 0.1) is 0 Å². The van der Waals surface area contributed by atoms with Gasteiger partial charge in [-0.15, -0.1) is 0 Å². The molecule has 0 unspecified atom stereocenters. The summed E-state index contributed by atoms with van der Waals surface area (Å²) in [5.41, 5.74) is 1.67. The van der Waals surface area contributed by atoms with E-state index in [0.717, 1.165) is 12.0 Å². The van der Waals surface area contributed by atoms with Gasteiger partial charge in [-0.1, -0.05) is 74.5 Å². The van der Waals surface area contributed by atoms with Gasteiger partial charge in [-0.2, -0.15) is 0 Å². The normalized spacial score (nSPS) is 12.6. The number of benzene rings is 2.